The molecule has 0 atom stereocenters. The first-order chi connectivity index (χ1) is 15.9. The Morgan fingerprint density at radius 3 is 2.50 bits per heavy atom. The second kappa shape index (κ2) is 10.2. The van der Waals surface area contributed by atoms with Crippen LogP contribution in [0.4, 0.5) is 13.2 Å². The maximum Gasteiger partial charge on any atom is 0.490 e. The molecule has 0 aliphatic carbocycles. The van der Waals surface area contributed by atoms with E-state index < -0.39 is 28.6 Å². The molecule has 0 saturated heterocycles. The highest BCUT2D eigenvalue weighted by Gasteiger charge is 2.40. The van der Waals surface area contributed by atoms with E-state index in [9.17, 15) is 26.4 Å². The summed E-state index contributed by atoms with van der Waals surface area (Å²) in [7, 11) is -3.94. The van der Waals surface area contributed by atoms with Crippen molar-refractivity contribution in [3.63, 3.8) is 0 Å². The van der Waals surface area contributed by atoms with Crippen molar-refractivity contribution in [1.82, 2.24) is 0 Å². The van der Waals surface area contributed by atoms with E-state index in [0.717, 1.165) is 11.3 Å². The van der Waals surface area contributed by atoms with E-state index in [1.165, 1.54) is 30.0 Å². The maximum absolute atomic E-state index is 13.4. The Hall–Kier alpha value is -2.83. The third-order valence-corrected chi connectivity index (χ3v) is 9.05. The molecule has 0 unspecified atom stereocenters. The van der Waals surface area contributed by atoms with Gasteiger partial charge in [0.1, 0.15) is 5.84 Å². The van der Waals surface area contributed by atoms with Gasteiger partial charge >= 0.3 is 12.1 Å². The molecule has 3 rings (SSSR count). The summed E-state index contributed by atoms with van der Waals surface area (Å²) in [6.45, 7) is -0.479. The van der Waals surface area contributed by atoms with Gasteiger partial charge in [-0.2, -0.15) is 13.2 Å². The van der Waals surface area contributed by atoms with Gasteiger partial charge in [0.25, 0.3) is 0 Å². The van der Waals surface area contributed by atoms with E-state index in [-0.39, 0.29) is 22.0 Å². The number of amidine groups is 1. The van der Waals surface area contributed by atoms with Gasteiger partial charge in [-0.1, -0.05) is 36.4 Å². The average molecular weight is 529 g/mol. The van der Waals surface area contributed by atoms with Gasteiger partial charge in [0.15, 0.2) is 0 Å². The number of esters is 1. The molecular formula is C22H19F3N2O4S3. The quantitative estimate of drug-likeness (QED) is 0.186. The van der Waals surface area contributed by atoms with Gasteiger partial charge in [-0.05, 0) is 41.1 Å². The number of sulfone groups is 1. The first-order valence-corrected chi connectivity index (χ1v) is 13.2. The summed E-state index contributed by atoms with van der Waals surface area (Å²) >= 11 is 2.35. The summed E-state index contributed by atoms with van der Waals surface area (Å²) in [5, 5.41) is 7.61. The van der Waals surface area contributed by atoms with E-state index in [1.54, 1.807) is 42.7 Å². The molecule has 1 aromatic heterocycles. The molecule has 2 aromatic carbocycles. The Balaban J connectivity index is 1.94. The summed E-state index contributed by atoms with van der Waals surface area (Å²) in [5.41, 5.74) is 7.25. The minimum Gasteiger partial charge on any atom is -0.459 e. The van der Waals surface area contributed by atoms with Crippen LogP contribution in [0.3, 0.4) is 0 Å². The number of nitrogen functional groups attached to an aromatic ring is 1. The molecule has 0 bridgehead atoms. The Morgan fingerprint density at radius 2 is 1.85 bits per heavy atom. The van der Waals surface area contributed by atoms with Gasteiger partial charge in [-0.15, -0.1) is 23.1 Å². The van der Waals surface area contributed by atoms with Crippen LogP contribution in [0.5, 0.6) is 0 Å². The lowest BCUT2D eigenvalue weighted by atomic mass is 9.98. The first-order valence-electron chi connectivity index (χ1n) is 9.64. The molecule has 0 spiro atoms. The van der Waals surface area contributed by atoms with Crippen LogP contribution in [-0.4, -0.2) is 39.3 Å². The number of carbonyl (C=O) groups excluding carboxylic acids is 1. The third-order valence-electron chi connectivity index (χ3n) is 4.72. The smallest absolute Gasteiger partial charge is 0.459 e. The predicted molar refractivity (Wildman–Crippen MR) is 125 cm³/mol. The van der Waals surface area contributed by atoms with Crippen molar-refractivity contribution in [2.24, 2.45) is 5.73 Å². The van der Waals surface area contributed by atoms with Crippen LogP contribution in [-0.2, 0) is 25.8 Å². The molecule has 0 amide bonds. The normalized spacial score (nSPS) is 11.9. The van der Waals surface area contributed by atoms with Crippen molar-refractivity contribution in [3.8, 4) is 11.1 Å². The van der Waals surface area contributed by atoms with Crippen LogP contribution in [0.2, 0.25) is 0 Å². The standard InChI is InChI=1S/C22H19F3N2O4S3/c1-32-20-18(12-17(33-20)19(26)27)34(29,30)15-7-4-6-14(11-15)16-8-3-2-5-13(16)9-10-31-21(28)22(23,24)25/h2-8,11-12H,9-10H2,1H3,(H3,26,27). The zero-order valence-corrected chi connectivity index (χ0v) is 20.1. The predicted octanol–water partition coefficient (Wildman–Crippen LogP) is 4.90. The number of halogens is 3. The van der Waals surface area contributed by atoms with Crippen molar-refractivity contribution in [2.45, 2.75) is 26.6 Å². The SMILES string of the molecule is CSc1sc(C(=N)N)cc1S(=O)(=O)c1cccc(-c2ccccc2CCOC(=O)C(F)(F)F)c1. The van der Waals surface area contributed by atoms with E-state index in [4.69, 9.17) is 11.1 Å². The van der Waals surface area contributed by atoms with Crippen molar-refractivity contribution < 1.29 is 31.1 Å². The molecule has 3 aromatic rings. The van der Waals surface area contributed by atoms with Crippen molar-refractivity contribution >= 4 is 44.7 Å². The molecule has 0 aliphatic heterocycles. The molecule has 0 radical (unpaired) electrons. The molecular weight excluding hydrogens is 509 g/mol. The topological polar surface area (TPSA) is 110 Å². The number of ether oxygens (including phenoxy) is 1. The summed E-state index contributed by atoms with van der Waals surface area (Å²) in [5.74, 6) is -2.49. The molecule has 3 N–H and O–H groups in total. The minimum absolute atomic E-state index is 0.0120. The van der Waals surface area contributed by atoms with Crippen molar-refractivity contribution in [1.29, 1.82) is 5.41 Å². The lowest BCUT2D eigenvalue weighted by Gasteiger charge is -2.12. The average Bonchev–Trinajstić information content (AvgIpc) is 3.25. The maximum atomic E-state index is 13.4. The minimum atomic E-state index is -5.07. The van der Waals surface area contributed by atoms with Crippen LogP contribution in [0, 0.1) is 5.41 Å². The summed E-state index contributed by atoms with van der Waals surface area (Å²) in [6.07, 6.45) is -3.33. The Bertz CT molecular complexity index is 1340. The van der Waals surface area contributed by atoms with Crippen LogP contribution in [0.25, 0.3) is 11.1 Å². The van der Waals surface area contributed by atoms with Gasteiger partial charge in [-0.25, -0.2) is 13.2 Å². The van der Waals surface area contributed by atoms with E-state index in [0.29, 0.717) is 25.8 Å². The first kappa shape index (κ1) is 25.8. The Labute approximate surface area is 202 Å². The highest BCUT2D eigenvalue weighted by molar-refractivity contribution is 8.01. The van der Waals surface area contributed by atoms with Crippen molar-refractivity contribution in [3.05, 3.63) is 65.0 Å². The van der Waals surface area contributed by atoms with Gasteiger partial charge in [0, 0.05) is 6.42 Å². The number of nitrogens with two attached hydrogens (primary N) is 1. The highest BCUT2D eigenvalue weighted by Crippen LogP contribution is 2.38. The number of benzene rings is 2. The number of hydrogen-bond acceptors (Lipinski definition) is 7. The van der Waals surface area contributed by atoms with E-state index in [2.05, 4.69) is 4.74 Å². The van der Waals surface area contributed by atoms with Gasteiger partial charge in [0.2, 0.25) is 9.84 Å². The van der Waals surface area contributed by atoms with Crippen LogP contribution >= 0.6 is 23.1 Å². The number of hydrogen-bond donors (Lipinski definition) is 2. The third kappa shape index (κ3) is 5.62. The monoisotopic (exact) mass is 528 g/mol. The number of thiophene rings is 1. The van der Waals surface area contributed by atoms with E-state index >= 15 is 0 Å². The zero-order chi connectivity index (χ0) is 25.1. The summed E-state index contributed by atoms with van der Waals surface area (Å²) in [4.78, 5) is 11.4. The van der Waals surface area contributed by atoms with Crippen LogP contribution in [0.15, 0.2) is 68.6 Å². The summed E-state index contributed by atoms with van der Waals surface area (Å²) in [6, 6.07) is 14.3. The second-order valence-corrected chi connectivity index (χ2v) is 11.0. The number of alkyl halides is 3. The number of carbonyl (C=O) groups is 1. The highest BCUT2D eigenvalue weighted by atomic mass is 32.2. The fourth-order valence-corrected chi connectivity index (χ4v) is 7.04. The fraction of sp³-hybridized carbons (Fsp3) is 0.182. The van der Waals surface area contributed by atoms with Crippen molar-refractivity contribution in [2.75, 3.05) is 12.9 Å². The molecule has 1 heterocycles. The zero-order valence-electron chi connectivity index (χ0n) is 17.7. The molecule has 180 valence electrons. The van der Waals surface area contributed by atoms with Gasteiger partial charge in [-0.3, -0.25) is 5.41 Å². The van der Waals surface area contributed by atoms with Crippen LogP contribution in [0.1, 0.15) is 10.4 Å². The number of nitrogens with one attached hydrogen (secondary N) is 1. The Kier molecular flexibility index (Phi) is 7.74. The lowest BCUT2D eigenvalue weighted by molar-refractivity contribution is -0.199. The summed E-state index contributed by atoms with van der Waals surface area (Å²) < 4.78 is 68.6. The molecule has 0 saturated carbocycles. The largest absolute Gasteiger partial charge is 0.490 e. The molecule has 34 heavy (non-hydrogen) atoms. The second-order valence-electron chi connectivity index (χ2n) is 6.95. The molecule has 0 fully saturated rings. The van der Waals surface area contributed by atoms with E-state index in [1.807, 2.05) is 0 Å². The fourth-order valence-electron chi connectivity index (χ4n) is 3.13. The Morgan fingerprint density at radius 1 is 1.15 bits per heavy atom. The molecule has 12 heteroatoms. The molecule has 0 aliphatic rings. The van der Waals surface area contributed by atoms with Gasteiger partial charge < -0.3 is 10.5 Å². The number of thioether (sulfide) groups is 1. The lowest BCUT2D eigenvalue weighted by Crippen LogP contribution is -2.26. The molecule has 6 nitrogen and oxygen atoms in total. The van der Waals surface area contributed by atoms with Crippen LogP contribution < -0.4 is 5.73 Å². The van der Waals surface area contributed by atoms with Gasteiger partial charge in [0.05, 0.1) is 25.5 Å². The number of rotatable bonds is 8.